The van der Waals surface area contributed by atoms with E-state index in [-0.39, 0.29) is 11.8 Å². The van der Waals surface area contributed by atoms with Crippen molar-refractivity contribution in [3.05, 3.63) is 35.7 Å². The average molecular weight is 329 g/mol. The van der Waals surface area contributed by atoms with Gasteiger partial charge in [-0.2, -0.15) is 5.10 Å². The van der Waals surface area contributed by atoms with Crippen LogP contribution in [-0.4, -0.2) is 44.6 Å². The Morgan fingerprint density at radius 2 is 2.12 bits per heavy atom. The number of hydrogen-bond acceptors (Lipinski definition) is 3. The Morgan fingerprint density at radius 1 is 1.38 bits per heavy atom. The Labute approximate surface area is 141 Å². The number of piperidine rings is 1. The van der Waals surface area contributed by atoms with Crippen LogP contribution in [-0.2, 0) is 4.79 Å². The van der Waals surface area contributed by atoms with Crippen molar-refractivity contribution in [1.29, 1.82) is 0 Å². The number of hydrogen-bond donors (Lipinski definition) is 1. The van der Waals surface area contributed by atoms with Gasteiger partial charge in [-0.1, -0.05) is 0 Å². The summed E-state index contributed by atoms with van der Waals surface area (Å²) < 4.78 is 1.70. The SMILES string of the molecule is Cc1ccn2ncc(C(=O)N3CCCC(C(C)(C)C(=O)O)C3)c2c1. The van der Waals surface area contributed by atoms with Gasteiger partial charge >= 0.3 is 5.97 Å². The van der Waals surface area contributed by atoms with Crippen molar-refractivity contribution in [2.75, 3.05) is 13.1 Å². The van der Waals surface area contributed by atoms with E-state index in [4.69, 9.17) is 0 Å². The fourth-order valence-corrected chi connectivity index (χ4v) is 3.35. The number of aryl methyl sites for hydroxylation is 1. The van der Waals surface area contributed by atoms with Crippen LogP contribution in [0, 0.1) is 18.3 Å². The number of carboxylic acids is 1. The number of aliphatic carboxylic acids is 1. The van der Waals surface area contributed by atoms with Crippen LogP contribution in [0.5, 0.6) is 0 Å². The summed E-state index contributed by atoms with van der Waals surface area (Å²) >= 11 is 0. The van der Waals surface area contributed by atoms with Gasteiger partial charge in [0.15, 0.2) is 0 Å². The van der Waals surface area contributed by atoms with Crippen molar-refractivity contribution in [1.82, 2.24) is 14.5 Å². The number of likely N-dealkylation sites (tertiary alicyclic amines) is 1. The van der Waals surface area contributed by atoms with Crippen molar-refractivity contribution in [3.8, 4) is 0 Å². The molecule has 6 heteroatoms. The van der Waals surface area contributed by atoms with Crippen molar-refractivity contribution < 1.29 is 14.7 Å². The number of amides is 1. The molecule has 1 amide bonds. The first kappa shape index (κ1) is 16.5. The third-order valence-electron chi connectivity index (χ3n) is 5.19. The lowest BCUT2D eigenvalue weighted by Gasteiger charge is -2.39. The molecule has 1 N–H and O–H groups in total. The minimum Gasteiger partial charge on any atom is -0.481 e. The number of carboxylic acid groups (broad SMARTS) is 1. The van der Waals surface area contributed by atoms with Crippen LogP contribution in [0.1, 0.15) is 42.6 Å². The molecule has 0 bridgehead atoms. The zero-order valence-corrected chi connectivity index (χ0v) is 14.3. The molecule has 3 heterocycles. The lowest BCUT2D eigenvalue weighted by molar-refractivity contribution is -0.151. The molecule has 1 atom stereocenters. The van der Waals surface area contributed by atoms with E-state index in [1.807, 2.05) is 25.3 Å². The van der Waals surface area contributed by atoms with Crippen molar-refractivity contribution >= 4 is 17.4 Å². The first-order valence-electron chi connectivity index (χ1n) is 8.27. The highest BCUT2D eigenvalue weighted by atomic mass is 16.4. The first-order chi connectivity index (χ1) is 11.3. The molecule has 1 aliphatic rings. The number of fused-ring (bicyclic) bond motifs is 1. The normalized spacial score (nSPS) is 18.8. The van der Waals surface area contributed by atoms with Crippen LogP contribution in [0.15, 0.2) is 24.5 Å². The van der Waals surface area contributed by atoms with Crippen LogP contribution in [0.3, 0.4) is 0 Å². The predicted molar refractivity (Wildman–Crippen MR) is 90.0 cm³/mol. The number of pyridine rings is 1. The minimum atomic E-state index is -0.837. The topological polar surface area (TPSA) is 74.9 Å². The number of aromatic nitrogens is 2. The third-order valence-corrected chi connectivity index (χ3v) is 5.19. The van der Waals surface area contributed by atoms with Gasteiger partial charge < -0.3 is 10.0 Å². The van der Waals surface area contributed by atoms with Gasteiger partial charge in [-0.05, 0) is 57.2 Å². The zero-order chi connectivity index (χ0) is 17.5. The maximum absolute atomic E-state index is 13.0. The maximum atomic E-state index is 13.0. The Kier molecular flexibility index (Phi) is 4.07. The van der Waals surface area contributed by atoms with Crippen molar-refractivity contribution in [2.45, 2.75) is 33.6 Å². The Balaban J connectivity index is 1.86. The van der Waals surface area contributed by atoms with Crippen LogP contribution in [0.25, 0.3) is 5.52 Å². The Hall–Kier alpha value is -2.37. The van der Waals surface area contributed by atoms with E-state index in [1.165, 1.54) is 0 Å². The largest absolute Gasteiger partial charge is 0.481 e. The molecule has 2 aromatic rings. The molecule has 24 heavy (non-hydrogen) atoms. The molecular formula is C18H23N3O3. The molecule has 2 aromatic heterocycles. The second kappa shape index (κ2) is 5.92. The van der Waals surface area contributed by atoms with Gasteiger partial charge in [0.05, 0.1) is 22.7 Å². The molecule has 0 radical (unpaired) electrons. The summed E-state index contributed by atoms with van der Waals surface area (Å²) in [5.41, 5.74) is 1.60. The number of nitrogens with zero attached hydrogens (tertiary/aromatic N) is 3. The smallest absolute Gasteiger partial charge is 0.309 e. The van der Waals surface area contributed by atoms with E-state index in [9.17, 15) is 14.7 Å². The van der Waals surface area contributed by atoms with Gasteiger partial charge in [-0.25, -0.2) is 4.52 Å². The van der Waals surface area contributed by atoms with E-state index >= 15 is 0 Å². The predicted octanol–water partition coefficient (Wildman–Crippen LogP) is 2.61. The molecule has 3 rings (SSSR count). The molecule has 1 aliphatic heterocycles. The number of carbonyl (C=O) groups is 2. The van der Waals surface area contributed by atoms with Crippen LogP contribution < -0.4 is 0 Å². The lowest BCUT2D eigenvalue weighted by Crippen LogP contribution is -2.46. The van der Waals surface area contributed by atoms with E-state index in [0.717, 1.165) is 23.9 Å². The summed E-state index contributed by atoms with van der Waals surface area (Å²) in [7, 11) is 0. The summed E-state index contributed by atoms with van der Waals surface area (Å²) in [5, 5.41) is 13.7. The standard InChI is InChI=1S/C18H23N3O3/c1-12-6-8-21-15(9-12)14(10-19-21)16(22)20-7-4-5-13(11-20)18(2,3)17(23)24/h6,8-10,13H,4-5,7,11H2,1-3H3,(H,23,24). The highest BCUT2D eigenvalue weighted by molar-refractivity contribution is 6.00. The van der Waals surface area contributed by atoms with E-state index < -0.39 is 11.4 Å². The molecule has 0 aliphatic carbocycles. The molecule has 0 aromatic carbocycles. The van der Waals surface area contributed by atoms with Crippen molar-refractivity contribution in [2.24, 2.45) is 11.3 Å². The van der Waals surface area contributed by atoms with Crippen molar-refractivity contribution in [3.63, 3.8) is 0 Å². The average Bonchev–Trinajstić information content (AvgIpc) is 2.97. The van der Waals surface area contributed by atoms with Gasteiger partial charge in [-0.3, -0.25) is 9.59 Å². The van der Waals surface area contributed by atoms with Gasteiger partial charge in [0.2, 0.25) is 0 Å². The summed E-state index contributed by atoms with van der Waals surface area (Å²) in [6.07, 6.45) is 5.10. The Morgan fingerprint density at radius 3 is 2.83 bits per heavy atom. The van der Waals surface area contributed by atoms with Gasteiger partial charge in [-0.15, -0.1) is 0 Å². The van der Waals surface area contributed by atoms with Crippen LogP contribution in [0.4, 0.5) is 0 Å². The first-order valence-corrected chi connectivity index (χ1v) is 8.27. The van der Waals surface area contributed by atoms with Crippen LogP contribution >= 0.6 is 0 Å². The molecule has 0 saturated carbocycles. The second-order valence-electron chi connectivity index (χ2n) is 7.21. The quantitative estimate of drug-likeness (QED) is 0.939. The molecular weight excluding hydrogens is 306 g/mol. The fourth-order valence-electron chi connectivity index (χ4n) is 3.35. The molecule has 1 fully saturated rings. The summed E-state index contributed by atoms with van der Waals surface area (Å²) in [4.78, 5) is 26.3. The molecule has 0 spiro atoms. The molecule has 1 saturated heterocycles. The second-order valence-corrected chi connectivity index (χ2v) is 7.21. The summed E-state index contributed by atoms with van der Waals surface area (Å²) in [5.74, 6) is -0.925. The number of carbonyl (C=O) groups excluding carboxylic acids is 1. The van der Waals surface area contributed by atoms with Gasteiger partial charge in [0.1, 0.15) is 0 Å². The molecule has 6 nitrogen and oxygen atoms in total. The van der Waals surface area contributed by atoms with E-state index in [0.29, 0.717) is 18.7 Å². The zero-order valence-electron chi connectivity index (χ0n) is 14.3. The third kappa shape index (κ3) is 2.77. The summed E-state index contributed by atoms with van der Waals surface area (Å²) in [6.45, 7) is 6.60. The lowest BCUT2D eigenvalue weighted by atomic mass is 9.74. The molecule has 1 unspecified atom stereocenters. The minimum absolute atomic E-state index is 0.0451. The Bertz CT molecular complexity index is 794. The van der Waals surface area contributed by atoms with E-state index in [2.05, 4.69) is 5.10 Å². The fraction of sp³-hybridized carbons (Fsp3) is 0.500. The molecule has 128 valence electrons. The number of rotatable bonds is 3. The van der Waals surface area contributed by atoms with Crippen LogP contribution in [0.2, 0.25) is 0 Å². The highest BCUT2D eigenvalue weighted by Crippen LogP contribution is 2.34. The van der Waals surface area contributed by atoms with E-state index in [1.54, 1.807) is 29.5 Å². The maximum Gasteiger partial charge on any atom is 0.309 e. The van der Waals surface area contributed by atoms with Gasteiger partial charge in [0, 0.05) is 19.3 Å². The highest BCUT2D eigenvalue weighted by Gasteiger charge is 2.40. The summed E-state index contributed by atoms with van der Waals surface area (Å²) in [6, 6.07) is 3.89. The van der Waals surface area contributed by atoms with Gasteiger partial charge in [0.25, 0.3) is 5.91 Å². The monoisotopic (exact) mass is 329 g/mol.